The molecule has 0 saturated heterocycles. The summed E-state index contributed by atoms with van der Waals surface area (Å²) in [5, 5.41) is 3.02. The number of rotatable bonds is 4. The summed E-state index contributed by atoms with van der Waals surface area (Å²) >= 11 is 0. The van der Waals surface area contributed by atoms with Gasteiger partial charge in [0.15, 0.2) is 0 Å². The van der Waals surface area contributed by atoms with E-state index in [1.54, 1.807) is 12.4 Å². The normalized spacial score (nSPS) is 17.5. The fourth-order valence-corrected chi connectivity index (χ4v) is 2.60. The van der Waals surface area contributed by atoms with E-state index in [9.17, 15) is 4.79 Å². The van der Waals surface area contributed by atoms with Crippen molar-refractivity contribution in [3.8, 4) is 0 Å². The first-order valence-corrected chi connectivity index (χ1v) is 6.99. The molecule has 2 aromatic heterocycles. The molecule has 104 valence electrons. The Bertz CT molecular complexity index is 579. The zero-order chi connectivity index (χ0) is 13.8. The van der Waals surface area contributed by atoms with Gasteiger partial charge in [-0.3, -0.25) is 9.78 Å². The van der Waals surface area contributed by atoms with Crippen molar-refractivity contribution < 1.29 is 4.79 Å². The van der Waals surface area contributed by atoms with E-state index in [1.165, 1.54) is 0 Å². The van der Waals surface area contributed by atoms with Crippen LogP contribution in [0.25, 0.3) is 0 Å². The minimum atomic E-state index is 0.0544. The van der Waals surface area contributed by atoms with Gasteiger partial charge >= 0.3 is 0 Å². The van der Waals surface area contributed by atoms with E-state index in [4.69, 9.17) is 0 Å². The molecule has 2 aromatic rings. The van der Waals surface area contributed by atoms with Crippen LogP contribution in [-0.4, -0.2) is 27.0 Å². The molecule has 0 aromatic carbocycles. The maximum Gasteiger partial charge on any atom is 0.223 e. The predicted molar refractivity (Wildman–Crippen MR) is 75.0 cm³/mol. The third kappa shape index (κ3) is 2.87. The molecular formula is C15H18N4O. The Morgan fingerprint density at radius 3 is 3.25 bits per heavy atom. The quantitative estimate of drug-likeness (QED) is 0.908. The number of amides is 1. The molecule has 1 aliphatic rings. The topological polar surface area (TPSA) is 59.8 Å². The monoisotopic (exact) mass is 270 g/mol. The van der Waals surface area contributed by atoms with Crippen LogP contribution in [0.4, 0.5) is 0 Å². The van der Waals surface area contributed by atoms with Crippen molar-refractivity contribution in [3.05, 3.63) is 48.3 Å². The Labute approximate surface area is 118 Å². The van der Waals surface area contributed by atoms with E-state index in [1.807, 2.05) is 24.5 Å². The number of aryl methyl sites for hydroxylation is 1. The number of pyridine rings is 1. The zero-order valence-corrected chi connectivity index (χ0v) is 11.3. The molecule has 0 bridgehead atoms. The van der Waals surface area contributed by atoms with Crippen LogP contribution in [0.5, 0.6) is 0 Å². The van der Waals surface area contributed by atoms with Crippen molar-refractivity contribution in [2.45, 2.75) is 25.8 Å². The van der Waals surface area contributed by atoms with Crippen LogP contribution in [0, 0.1) is 5.92 Å². The molecule has 1 unspecified atom stereocenters. The van der Waals surface area contributed by atoms with Gasteiger partial charge < -0.3 is 9.88 Å². The summed E-state index contributed by atoms with van der Waals surface area (Å²) in [6.45, 7) is 1.55. The minimum Gasteiger partial charge on any atom is -0.356 e. The third-order valence-electron chi connectivity index (χ3n) is 3.76. The molecular weight excluding hydrogens is 252 g/mol. The first kappa shape index (κ1) is 12.8. The molecule has 0 radical (unpaired) electrons. The second kappa shape index (κ2) is 5.86. The Morgan fingerprint density at radius 2 is 2.40 bits per heavy atom. The summed E-state index contributed by atoms with van der Waals surface area (Å²) < 4.78 is 2.12. The highest BCUT2D eigenvalue weighted by atomic mass is 16.1. The van der Waals surface area contributed by atoms with Gasteiger partial charge in [-0.25, -0.2) is 4.98 Å². The largest absolute Gasteiger partial charge is 0.356 e. The van der Waals surface area contributed by atoms with Crippen molar-refractivity contribution in [1.29, 1.82) is 0 Å². The SMILES string of the molecule is O=C(NCCc1cccnc1)C1CCn2ccnc2C1. The highest BCUT2D eigenvalue weighted by Gasteiger charge is 2.24. The third-order valence-corrected chi connectivity index (χ3v) is 3.76. The van der Waals surface area contributed by atoms with E-state index >= 15 is 0 Å². The molecule has 5 heteroatoms. The minimum absolute atomic E-state index is 0.0544. The fraction of sp³-hybridized carbons (Fsp3) is 0.400. The average molecular weight is 270 g/mol. The van der Waals surface area contributed by atoms with Gasteiger partial charge in [0.1, 0.15) is 5.82 Å². The maximum absolute atomic E-state index is 12.2. The smallest absolute Gasteiger partial charge is 0.223 e. The molecule has 0 aliphatic carbocycles. The van der Waals surface area contributed by atoms with E-state index in [-0.39, 0.29) is 11.8 Å². The Kier molecular flexibility index (Phi) is 3.76. The lowest BCUT2D eigenvalue weighted by Gasteiger charge is -2.22. The number of imidazole rings is 1. The number of carbonyl (C=O) groups excluding carboxylic acids is 1. The number of carbonyl (C=O) groups is 1. The molecule has 1 aliphatic heterocycles. The Morgan fingerprint density at radius 1 is 1.45 bits per heavy atom. The molecule has 3 heterocycles. The van der Waals surface area contributed by atoms with Crippen LogP contribution in [-0.2, 0) is 24.2 Å². The highest BCUT2D eigenvalue weighted by molar-refractivity contribution is 5.78. The number of hydrogen-bond donors (Lipinski definition) is 1. The van der Waals surface area contributed by atoms with Gasteiger partial charge in [-0.05, 0) is 24.5 Å². The van der Waals surface area contributed by atoms with E-state index in [0.29, 0.717) is 6.54 Å². The van der Waals surface area contributed by atoms with Crippen molar-refractivity contribution in [2.24, 2.45) is 5.92 Å². The summed E-state index contributed by atoms with van der Waals surface area (Å²) in [6.07, 6.45) is 9.83. The van der Waals surface area contributed by atoms with Crippen LogP contribution >= 0.6 is 0 Å². The lowest BCUT2D eigenvalue weighted by molar-refractivity contribution is -0.125. The number of fused-ring (bicyclic) bond motifs is 1. The van der Waals surface area contributed by atoms with Gasteiger partial charge in [0, 0.05) is 50.2 Å². The summed E-state index contributed by atoms with van der Waals surface area (Å²) in [7, 11) is 0. The highest BCUT2D eigenvalue weighted by Crippen LogP contribution is 2.19. The standard InChI is InChI=1S/C15H18N4O/c20-15(18-6-3-12-2-1-5-16-11-12)13-4-8-19-9-7-17-14(19)10-13/h1-2,5,7,9,11,13H,3-4,6,8,10H2,(H,18,20). The predicted octanol–water partition coefficient (Wildman–Crippen LogP) is 1.20. The Hall–Kier alpha value is -2.17. The molecule has 1 amide bonds. The van der Waals surface area contributed by atoms with Gasteiger partial charge in [0.25, 0.3) is 0 Å². The van der Waals surface area contributed by atoms with Crippen molar-refractivity contribution >= 4 is 5.91 Å². The lowest BCUT2D eigenvalue weighted by Crippen LogP contribution is -2.36. The lowest BCUT2D eigenvalue weighted by atomic mass is 9.97. The number of hydrogen-bond acceptors (Lipinski definition) is 3. The summed E-state index contributed by atoms with van der Waals surface area (Å²) in [5.74, 6) is 1.21. The molecule has 20 heavy (non-hydrogen) atoms. The van der Waals surface area contributed by atoms with Crippen LogP contribution in [0.2, 0.25) is 0 Å². The molecule has 0 fully saturated rings. The first-order chi connectivity index (χ1) is 9.83. The second-order valence-corrected chi connectivity index (χ2v) is 5.13. The molecule has 1 N–H and O–H groups in total. The first-order valence-electron chi connectivity index (χ1n) is 6.99. The molecule has 3 rings (SSSR count). The van der Waals surface area contributed by atoms with Gasteiger partial charge in [-0.1, -0.05) is 6.07 Å². The zero-order valence-electron chi connectivity index (χ0n) is 11.3. The van der Waals surface area contributed by atoms with E-state index in [0.717, 1.165) is 37.2 Å². The van der Waals surface area contributed by atoms with Crippen LogP contribution < -0.4 is 5.32 Å². The van der Waals surface area contributed by atoms with Gasteiger partial charge in [0.2, 0.25) is 5.91 Å². The number of nitrogens with zero attached hydrogens (tertiary/aromatic N) is 3. The molecule has 5 nitrogen and oxygen atoms in total. The molecule has 0 saturated carbocycles. The summed E-state index contributed by atoms with van der Waals surface area (Å²) in [6, 6.07) is 3.94. The molecule has 0 spiro atoms. The van der Waals surface area contributed by atoms with Crippen molar-refractivity contribution in [3.63, 3.8) is 0 Å². The summed E-state index contributed by atoms with van der Waals surface area (Å²) in [5.41, 5.74) is 1.15. The Balaban J connectivity index is 1.48. The van der Waals surface area contributed by atoms with E-state index in [2.05, 4.69) is 19.9 Å². The average Bonchev–Trinajstić information content (AvgIpc) is 2.95. The molecule has 1 atom stereocenters. The summed E-state index contributed by atoms with van der Waals surface area (Å²) in [4.78, 5) is 20.5. The fourth-order valence-electron chi connectivity index (χ4n) is 2.60. The second-order valence-electron chi connectivity index (χ2n) is 5.13. The van der Waals surface area contributed by atoms with Gasteiger partial charge in [-0.15, -0.1) is 0 Å². The van der Waals surface area contributed by atoms with Crippen LogP contribution in [0.1, 0.15) is 17.8 Å². The van der Waals surface area contributed by atoms with E-state index < -0.39 is 0 Å². The number of nitrogens with one attached hydrogen (secondary N) is 1. The van der Waals surface area contributed by atoms with Gasteiger partial charge in [0.05, 0.1) is 0 Å². The van der Waals surface area contributed by atoms with Crippen LogP contribution in [0.3, 0.4) is 0 Å². The van der Waals surface area contributed by atoms with Crippen molar-refractivity contribution in [2.75, 3.05) is 6.54 Å². The van der Waals surface area contributed by atoms with Crippen molar-refractivity contribution in [1.82, 2.24) is 19.9 Å². The van der Waals surface area contributed by atoms with Gasteiger partial charge in [-0.2, -0.15) is 0 Å². The number of aromatic nitrogens is 3. The van der Waals surface area contributed by atoms with Crippen LogP contribution in [0.15, 0.2) is 36.9 Å². The maximum atomic E-state index is 12.2.